The Morgan fingerprint density at radius 2 is 1.73 bits per heavy atom. The standard InChI is InChI=1S/C17H18BrCl2NO4S/c1-4-25-15-6-5-11(7-16(15)24-3)10-21(2)26(22,23)17-13(19)8-12(18)9-14(17)20/h5-9H,4,10H2,1-3H3. The molecule has 0 saturated carbocycles. The number of nitrogens with zero attached hydrogens (tertiary/aromatic N) is 1. The zero-order valence-corrected chi connectivity index (χ0v) is 18.3. The van der Waals surface area contributed by atoms with E-state index in [0.717, 1.165) is 5.56 Å². The van der Waals surface area contributed by atoms with E-state index in [2.05, 4.69) is 15.9 Å². The van der Waals surface area contributed by atoms with E-state index >= 15 is 0 Å². The minimum absolute atomic E-state index is 0.0560. The Labute approximate surface area is 172 Å². The number of ether oxygens (including phenoxy) is 2. The molecule has 0 atom stereocenters. The van der Waals surface area contributed by atoms with Crippen LogP contribution in [0.3, 0.4) is 0 Å². The Morgan fingerprint density at radius 3 is 2.27 bits per heavy atom. The number of benzene rings is 2. The monoisotopic (exact) mass is 481 g/mol. The Kier molecular flexibility index (Phi) is 7.21. The molecule has 5 nitrogen and oxygen atoms in total. The highest BCUT2D eigenvalue weighted by molar-refractivity contribution is 9.10. The van der Waals surface area contributed by atoms with Crippen LogP contribution >= 0.6 is 39.1 Å². The van der Waals surface area contributed by atoms with Crippen molar-refractivity contribution in [2.45, 2.75) is 18.4 Å². The molecule has 0 aliphatic heterocycles. The van der Waals surface area contributed by atoms with Crippen LogP contribution in [0.4, 0.5) is 0 Å². The third-order valence-corrected chi connectivity index (χ3v) is 6.75. The molecule has 0 heterocycles. The van der Waals surface area contributed by atoms with Gasteiger partial charge in [0.05, 0.1) is 23.8 Å². The SMILES string of the molecule is CCOc1ccc(CN(C)S(=O)(=O)c2c(Cl)cc(Br)cc2Cl)cc1OC. The Morgan fingerprint density at radius 1 is 1.12 bits per heavy atom. The molecule has 9 heteroatoms. The number of hydrogen-bond acceptors (Lipinski definition) is 4. The molecular weight excluding hydrogens is 465 g/mol. The molecule has 0 aliphatic carbocycles. The molecule has 2 aromatic rings. The molecular formula is C17H18BrCl2NO4S. The molecule has 0 fully saturated rings. The lowest BCUT2D eigenvalue weighted by atomic mass is 10.2. The summed E-state index contributed by atoms with van der Waals surface area (Å²) in [5.41, 5.74) is 0.737. The average Bonchev–Trinajstić information content (AvgIpc) is 2.55. The highest BCUT2D eigenvalue weighted by Gasteiger charge is 2.27. The topological polar surface area (TPSA) is 55.8 Å². The van der Waals surface area contributed by atoms with E-state index < -0.39 is 10.0 Å². The van der Waals surface area contributed by atoms with Gasteiger partial charge in [0.25, 0.3) is 0 Å². The molecule has 2 rings (SSSR count). The maximum atomic E-state index is 12.9. The van der Waals surface area contributed by atoms with Crippen molar-refractivity contribution in [3.05, 3.63) is 50.4 Å². The summed E-state index contributed by atoms with van der Waals surface area (Å²) in [4.78, 5) is -0.121. The molecule has 26 heavy (non-hydrogen) atoms. The van der Waals surface area contributed by atoms with Gasteiger partial charge >= 0.3 is 0 Å². The second-order valence-corrected chi connectivity index (χ2v) is 9.09. The number of sulfonamides is 1. The predicted molar refractivity (Wildman–Crippen MR) is 107 cm³/mol. The third-order valence-electron chi connectivity index (χ3n) is 3.56. The van der Waals surface area contributed by atoms with Gasteiger partial charge in [-0.1, -0.05) is 45.2 Å². The maximum Gasteiger partial charge on any atom is 0.246 e. The molecule has 0 bridgehead atoms. The van der Waals surface area contributed by atoms with Gasteiger partial charge in [-0.15, -0.1) is 0 Å². The van der Waals surface area contributed by atoms with Crippen LogP contribution < -0.4 is 9.47 Å². The van der Waals surface area contributed by atoms with Gasteiger partial charge in [0, 0.05) is 18.1 Å². The summed E-state index contributed by atoms with van der Waals surface area (Å²) in [6, 6.07) is 8.26. The van der Waals surface area contributed by atoms with E-state index in [1.54, 1.807) is 18.2 Å². The Hall–Kier alpha value is -0.990. The maximum absolute atomic E-state index is 12.9. The van der Waals surface area contributed by atoms with Gasteiger partial charge in [0.15, 0.2) is 11.5 Å². The molecule has 0 aromatic heterocycles. The molecule has 2 aromatic carbocycles. The summed E-state index contributed by atoms with van der Waals surface area (Å²) in [5.74, 6) is 1.14. The van der Waals surface area contributed by atoms with Crippen LogP contribution in [0, 0.1) is 0 Å². The van der Waals surface area contributed by atoms with Crippen LogP contribution in [0.1, 0.15) is 12.5 Å². The summed E-state index contributed by atoms with van der Waals surface area (Å²) in [7, 11) is -0.882. The lowest BCUT2D eigenvalue weighted by molar-refractivity contribution is 0.310. The minimum Gasteiger partial charge on any atom is -0.493 e. The first-order valence-corrected chi connectivity index (χ1v) is 10.6. The Bertz CT molecular complexity index is 883. The lowest BCUT2D eigenvalue weighted by Crippen LogP contribution is -2.27. The number of hydrogen-bond donors (Lipinski definition) is 0. The number of halogens is 3. The van der Waals surface area contributed by atoms with Crippen molar-refractivity contribution in [1.29, 1.82) is 0 Å². The zero-order chi connectivity index (χ0) is 19.5. The fourth-order valence-electron chi connectivity index (χ4n) is 2.36. The van der Waals surface area contributed by atoms with Crippen molar-refractivity contribution in [2.24, 2.45) is 0 Å². The third kappa shape index (κ3) is 4.64. The Balaban J connectivity index is 2.33. The summed E-state index contributed by atoms with van der Waals surface area (Å²) >= 11 is 15.5. The van der Waals surface area contributed by atoms with Crippen molar-refractivity contribution < 1.29 is 17.9 Å². The molecule has 0 amide bonds. The highest BCUT2D eigenvalue weighted by Crippen LogP contribution is 2.35. The molecule has 0 N–H and O–H groups in total. The van der Waals surface area contributed by atoms with Crippen LogP contribution in [0.2, 0.25) is 10.0 Å². The molecule has 0 aliphatic rings. The van der Waals surface area contributed by atoms with Gasteiger partial charge in [-0.2, -0.15) is 4.31 Å². The van der Waals surface area contributed by atoms with Gasteiger partial charge in [-0.3, -0.25) is 0 Å². The predicted octanol–water partition coefficient (Wildman–Crippen LogP) is 4.98. The molecule has 0 radical (unpaired) electrons. The van der Waals surface area contributed by atoms with Gasteiger partial charge < -0.3 is 9.47 Å². The number of methoxy groups -OCH3 is 1. The fraction of sp³-hybridized carbons (Fsp3) is 0.294. The first kappa shape index (κ1) is 21.3. The summed E-state index contributed by atoms with van der Waals surface area (Å²) < 4.78 is 38.4. The van der Waals surface area contributed by atoms with E-state index in [1.165, 1.54) is 30.6 Å². The molecule has 0 spiro atoms. The summed E-state index contributed by atoms with van der Waals surface area (Å²) in [6.45, 7) is 2.50. The van der Waals surface area contributed by atoms with Crippen molar-refractivity contribution >= 4 is 49.2 Å². The minimum atomic E-state index is -3.88. The molecule has 0 saturated heterocycles. The molecule has 142 valence electrons. The van der Waals surface area contributed by atoms with Gasteiger partial charge in [0.2, 0.25) is 10.0 Å². The zero-order valence-electron chi connectivity index (χ0n) is 14.4. The van der Waals surface area contributed by atoms with Gasteiger partial charge in [-0.05, 0) is 36.8 Å². The van der Waals surface area contributed by atoms with E-state index in [-0.39, 0.29) is 21.5 Å². The van der Waals surface area contributed by atoms with Crippen LogP contribution in [0.15, 0.2) is 39.7 Å². The van der Waals surface area contributed by atoms with Crippen LogP contribution in [-0.4, -0.2) is 33.5 Å². The van der Waals surface area contributed by atoms with E-state index in [0.29, 0.717) is 22.6 Å². The summed E-state index contributed by atoms with van der Waals surface area (Å²) in [5, 5.41) is 0.112. The lowest BCUT2D eigenvalue weighted by Gasteiger charge is -2.20. The van der Waals surface area contributed by atoms with E-state index in [4.69, 9.17) is 32.7 Å². The van der Waals surface area contributed by atoms with Crippen molar-refractivity contribution in [3.63, 3.8) is 0 Å². The van der Waals surface area contributed by atoms with Crippen LogP contribution in [0.25, 0.3) is 0 Å². The molecule has 0 unspecified atom stereocenters. The van der Waals surface area contributed by atoms with Crippen molar-refractivity contribution in [2.75, 3.05) is 20.8 Å². The van der Waals surface area contributed by atoms with Crippen LogP contribution in [-0.2, 0) is 16.6 Å². The van der Waals surface area contributed by atoms with Gasteiger partial charge in [0.1, 0.15) is 4.90 Å². The smallest absolute Gasteiger partial charge is 0.246 e. The van der Waals surface area contributed by atoms with Crippen LogP contribution in [0.5, 0.6) is 11.5 Å². The van der Waals surface area contributed by atoms with Crippen molar-refractivity contribution in [1.82, 2.24) is 4.31 Å². The highest BCUT2D eigenvalue weighted by atomic mass is 79.9. The average molecular weight is 483 g/mol. The van der Waals surface area contributed by atoms with Crippen molar-refractivity contribution in [3.8, 4) is 11.5 Å². The second-order valence-electron chi connectivity index (χ2n) is 5.38. The number of rotatable bonds is 7. The largest absolute Gasteiger partial charge is 0.493 e. The van der Waals surface area contributed by atoms with E-state index in [1.807, 2.05) is 6.92 Å². The normalized spacial score (nSPS) is 11.7. The quantitative estimate of drug-likeness (QED) is 0.558. The van der Waals surface area contributed by atoms with Gasteiger partial charge in [-0.25, -0.2) is 8.42 Å². The van der Waals surface area contributed by atoms with E-state index in [9.17, 15) is 8.42 Å². The summed E-state index contributed by atoms with van der Waals surface area (Å²) in [6.07, 6.45) is 0. The second kappa shape index (κ2) is 8.80. The first-order chi connectivity index (χ1) is 12.2. The fourth-order valence-corrected chi connectivity index (χ4v) is 5.39. The first-order valence-electron chi connectivity index (χ1n) is 7.61.